The molecule has 2 saturated heterocycles. The first kappa shape index (κ1) is 13.6. The van der Waals surface area contributed by atoms with Gasteiger partial charge in [-0.3, -0.25) is 14.8 Å². The lowest BCUT2D eigenvalue weighted by atomic mass is 9.99. The number of carbonyl (C=O) groups is 1. The highest BCUT2D eigenvalue weighted by atomic mass is 16.3. The largest absolute Gasteiger partial charge is 0.463 e. The average molecular weight is 300 g/mol. The van der Waals surface area contributed by atoms with Gasteiger partial charge in [0.2, 0.25) is 0 Å². The zero-order chi connectivity index (χ0) is 14.9. The van der Waals surface area contributed by atoms with Gasteiger partial charge in [0.15, 0.2) is 11.5 Å². The first-order chi connectivity index (χ1) is 10.8. The molecule has 2 N–H and O–H groups in total. The lowest BCUT2D eigenvalue weighted by molar-refractivity contribution is 0.0910. The number of piperidine rings is 1. The smallest absolute Gasteiger partial charge is 0.272 e. The highest BCUT2D eigenvalue weighted by molar-refractivity contribution is 5.93. The number of carbonyl (C=O) groups excluding carboxylic acids is 1. The monoisotopic (exact) mass is 300 g/mol. The third-order valence-corrected chi connectivity index (χ3v) is 4.77. The molecule has 2 atom stereocenters. The predicted octanol–water partition coefficient (Wildman–Crippen LogP) is 2.03. The summed E-state index contributed by atoms with van der Waals surface area (Å²) in [6.07, 6.45) is 6.36. The second-order valence-corrected chi connectivity index (χ2v) is 6.11. The fourth-order valence-electron chi connectivity index (χ4n) is 3.65. The molecule has 2 aromatic rings. The Morgan fingerprint density at radius 2 is 2.32 bits per heavy atom. The van der Waals surface area contributed by atoms with Crippen LogP contribution in [0.3, 0.4) is 0 Å². The molecule has 2 aromatic heterocycles. The van der Waals surface area contributed by atoms with Crippen molar-refractivity contribution in [2.75, 3.05) is 13.1 Å². The molecule has 4 heterocycles. The van der Waals surface area contributed by atoms with Crippen molar-refractivity contribution < 1.29 is 9.21 Å². The van der Waals surface area contributed by atoms with E-state index >= 15 is 0 Å². The van der Waals surface area contributed by atoms with Crippen molar-refractivity contribution in [1.82, 2.24) is 20.4 Å². The van der Waals surface area contributed by atoms with Gasteiger partial charge in [0.25, 0.3) is 5.91 Å². The van der Waals surface area contributed by atoms with Crippen LogP contribution in [-0.4, -0.2) is 46.2 Å². The SMILES string of the molecule is O=C(N[C@@H]1CCN2CCCC[C@H]12)c1cc(-c2ccco2)[nH]n1. The van der Waals surface area contributed by atoms with Crippen LogP contribution in [0.15, 0.2) is 28.9 Å². The Bertz CT molecular complexity index is 649. The fraction of sp³-hybridized carbons (Fsp3) is 0.500. The molecule has 0 saturated carbocycles. The van der Waals surface area contributed by atoms with Crippen molar-refractivity contribution in [1.29, 1.82) is 0 Å². The molecule has 0 radical (unpaired) electrons. The first-order valence-corrected chi connectivity index (χ1v) is 7.95. The molecule has 116 valence electrons. The van der Waals surface area contributed by atoms with Gasteiger partial charge in [-0.2, -0.15) is 5.10 Å². The molecule has 2 aliphatic heterocycles. The number of H-pyrrole nitrogens is 1. The Hall–Kier alpha value is -2.08. The molecule has 4 rings (SSSR count). The maximum absolute atomic E-state index is 12.4. The van der Waals surface area contributed by atoms with E-state index in [1.807, 2.05) is 12.1 Å². The highest BCUT2D eigenvalue weighted by Gasteiger charge is 2.36. The van der Waals surface area contributed by atoms with Crippen LogP contribution >= 0.6 is 0 Å². The lowest BCUT2D eigenvalue weighted by Crippen LogP contribution is -2.46. The number of hydrogen-bond donors (Lipinski definition) is 2. The van der Waals surface area contributed by atoms with Crippen molar-refractivity contribution in [2.24, 2.45) is 0 Å². The van der Waals surface area contributed by atoms with E-state index in [0.717, 1.165) is 18.7 Å². The summed E-state index contributed by atoms with van der Waals surface area (Å²) in [7, 11) is 0. The first-order valence-electron chi connectivity index (χ1n) is 7.95. The number of nitrogens with one attached hydrogen (secondary N) is 2. The maximum atomic E-state index is 12.4. The van der Waals surface area contributed by atoms with Crippen LogP contribution in [-0.2, 0) is 0 Å². The molecule has 0 aliphatic carbocycles. The molecule has 0 aromatic carbocycles. The minimum absolute atomic E-state index is 0.105. The number of aromatic nitrogens is 2. The molecule has 6 nitrogen and oxygen atoms in total. The third-order valence-electron chi connectivity index (χ3n) is 4.77. The topological polar surface area (TPSA) is 74.2 Å². The Kier molecular flexibility index (Phi) is 3.46. The second kappa shape index (κ2) is 5.61. The van der Waals surface area contributed by atoms with E-state index in [4.69, 9.17) is 4.42 Å². The summed E-state index contributed by atoms with van der Waals surface area (Å²) in [6.45, 7) is 2.26. The summed E-state index contributed by atoms with van der Waals surface area (Å²) in [4.78, 5) is 14.9. The molecule has 0 unspecified atom stereocenters. The third kappa shape index (κ3) is 2.43. The number of aromatic amines is 1. The summed E-state index contributed by atoms with van der Waals surface area (Å²) in [5, 5.41) is 10.1. The van der Waals surface area contributed by atoms with Crippen LogP contribution in [0.25, 0.3) is 11.5 Å². The molecule has 2 fully saturated rings. The summed E-state index contributed by atoms with van der Waals surface area (Å²) < 4.78 is 5.31. The molecule has 1 amide bonds. The van der Waals surface area contributed by atoms with Gasteiger partial charge >= 0.3 is 0 Å². The van der Waals surface area contributed by atoms with Gasteiger partial charge in [0.1, 0.15) is 5.69 Å². The number of amides is 1. The summed E-state index contributed by atoms with van der Waals surface area (Å²) in [5.74, 6) is 0.581. The number of nitrogens with zero attached hydrogens (tertiary/aromatic N) is 2. The van der Waals surface area contributed by atoms with Crippen LogP contribution in [0.2, 0.25) is 0 Å². The van der Waals surface area contributed by atoms with Crippen LogP contribution in [0.1, 0.15) is 36.2 Å². The second-order valence-electron chi connectivity index (χ2n) is 6.11. The van der Waals surface area contributed by atoms with E-state index in [-0.39, 0.29) is 11.9 Å². The van der Waals surface area contributed by atoms with Crippen molar-refractivity contribution in [3.05, 3.63) is 30.2 Å². The maximum Gasteiger partial charge on any atom is 0.272 e. The number of fused-ring (bicyclic) bond motifs is 1. The predicted molar refractivity (Wildman–Crippen MR) is 81.4 cm³/mol. The van der Waals surface area contributed by atoms with Gasteiger partial charge in [-0.25, -0.2) is 0 Å². The molecule has 0 spiro atoms. The van der Waals surface area contributed by atoms with Crippen molar-refractivity contribution in [2.45, 2.75) is 37.8 Å². The van der Waals surface area contributed by atoms with Crippen LogP contribution in [0, 0.1) is 0 Å². The molecule has 2 aliphatic rings. The summed E-state index contributed by atoms with van der Waals surface area (Å²) in [6, 6.07) is 6.14. The summed E-state index contributed by atoms with van der Waals surface area (Å²) >= 11 is 0. The van der Waals surface area contributed by atoms with Crippen molar-refractivity contribution >= 4 is 5.91 Å². The Morgan fingerprint density at radius 1 is 1.36 bits per heavy atom. The molecular weight excluding hydrogens is 280 g/mol. The number of furan rings is 1. The summed E-state index contributed by atoms with van der Waals surface area (Å²) in [5.41, 5.74) is 1.14. The van der Waals surface area contributed by atoms with E-state index in [0.29, 0.717) is 17.5 Å². The quantitative estimate of drug-likeness (QED) is 0.909. The zero-order valence-electron chi connectivity index (χ0n) is 12.4. The van der Waals surface area contributed by atoms with Gasteiger partial charge in [0.05, 0.1) is 6.26 Å². The molecular formula is C16H20N4O2. The molecule has 22 heavy (non-hydrogen) atoms. The van der Waals surface area contributed by atoms with Gasteiger partial charge < -0.3 is 9.73 Å². The van der Waals surface area contributed by atoms with Crippen LogP contribution < -0.4 is 5.32 Å². The Balaban J connectivity index is 1.44. The van der Waals surface area contributed by atoms with Gasteiger partial charge in [0, 0.05) is 24.7 Å². The van der Waals surface area contributed by atoms with Crippen LogP contribution in [0.5, 0.6) is 0 Å². The van der Waals surface area contributed by atoms with Crippen molar-refractivity contribution in [3.8, 4) is 11.5 Å². The van der Waals surface area contributed by atoms with E-state index in [1.165, 1.54) is 25.8 Å². The van der Waals surface area contributed by atoms with Crippen LogP contribution in [0.4, 0.5) is 0 Å². The van der Waals surface area contributed by atoms with Gasteiger partial charge in [-0.15, -0.1) is 0 Å². The zero-order valence-corrected chi connectivity index (χ0v) is 12.4. The Morgan fingerprint density at radius 3 is 3.18 bits per heavy atom. The number of hydrogen-bond acceptors (Lipinski definition) is 4. The Labute approximate surface area is 128 Å². The standard InChI is InChI=1S/C16H20N4O2/c21-16(13-10-12(18-19-13)15-5-3-9-22-15)17-11-6-8-20-7-2-1-4-14(11)20/h3,5,9-11,14H,1-2,4,6-8H2,(H,17,21)(H,18,19)/t11-,14-/m1/s1. The van der Waals surface area contributed by atoms with E-state index in [1.54, 1.807) is 12.3 Å². The van der Waals surface area contributed by atoms with E-state index in [9.17, 15) is 4.79 Å². The normalized spacial score (nSPS) is 25.1. The van der Waals surface area contributed by atoms with E-state index < -0.39 is 0 Å². The lowest BCUT2D eigenvalue weighted by Gasteiger charge is -2.32. The minimum Gasteiger partial charge on any atom is -0.463 e. The fourth-order valence-corrected chi connectivity index (χ4v) is 3.65. The molecule has 0 bridgehead atoms. The van der Waals surface area contributed by atoms with Gasteiger partial charge in [-0.05, 0) is 37.9 Å². The average Bonchev–Trinajstić information content (AvgIpc) is 3.28. The highest BCUT2D eigenvalue weighted by Crippen LogP contribution is 2.27. The molecule has 6 heteroatoms. The van der Waals surface area contributed by atoms with Crippen molar-refractivity contribution in [3.63, 3.8) is 0 Å². The van der Waals surface area contributed by atoms with E-state index in [2.05, 4.69) is 20.4 Å². The minimum atomic E-state index is -0.105. The van der Waals surface area contributed by atoms with Gasteiger partial charge in [-0.1, -0.05) is 6.42 Å². The number of rotatable bonds is 3.